The summed E-state index contributed by atoms with van der Waals surface area (Å²) in [5.41, 5.74) is 0. The van der Waals surface area contributed by atoms with Crippen LogP contribution < -0.4 is 5.32 Å². The highest BCUT2D eigenvalue weighted by atomic mass is 16.5. The van der Waals surface area contributed by atoms with E-state index in [9.17, 15) is 14.7 Å². The van der Waals surface area contributed by atoms with Gasteiger partial charge < -0.3 is 20.1 Å². The number of amides is 1. The molecule has 2 N–H and O–H groups in total. The van der Waals surface area contributed by atoms with E-state index in [0.29, 0.717) is 19.8 Å². The van der Waals surface area contributed by atoms with Crippen molar-refractivity contribution in [3.8, 4) is 0 Å². The third kappa shape index (κ3) is 2.96. The molecule has 1 amide bonds. The average molecular weight is 284 g/mol. The minimum Gasteiger partial charge on any atom is -0.480 e. The van der Waals surface area contributed by atoms with E-state index in [2.05, 4.69) is 12.2 Å². The zero-order valence-corrected chi connectivity index (χ0v) is 12.2. The van der Waals surface area contributed by atoms with Crippen LogP contribution in [0.5, 0.6) is 0 Å². The number of carbonyl (C=O) groups is 2. The molecule has 2 aliphatic rings. The molecule has 4 unspecified atom stereocenters. The van der Waals surface area contributed by atoms with Gasteiger partial charge in [0.1, 0.15) is 6.04 Å². The molecular weight excluding hydrogens is 260 g/mol. The molecule has 0 aromatic rings. The highest BCUT2D eigenvalue weighted by Crippen LogP contribution is 2.28. The summed E-state index contributed by atoms with van der Waals surface area (Å²) in [5, 5.41) is 12.6. The SMILES string of the molecule is CCCNC1COCC1C(=O)N1CCC(C)C1C(=O)O. The fourth-order valence-electron chi connectivity index (χ4n) is 3.11. The fraction of sp³-hybridized carbons (Fsp3) is 0.857. The molecule has 2 aliphatic heterocycles. The van der Waals surface area contributed by atoms with Gasteiger partial charge in [-0.2, -0.15) is 0 Å². The molecule has 2 fully saturated rings. The van der Waals surface area contributed by atoms with E-state index in [4.69, 9.17) is 4.74 Å². The molecule has 6 heteroatoms. The number of hydrogen-bond donors (Lipinski definition) is 2. The van der Waals surface area contributed by atoms with Crippen LogP contribution in [0.3, 0.4) is 0 Å². The summed E-state index contributed by atoms with van der Waals surface area (Å²) in [5.74, 6) is -1.22. The summed E-state index contributed by atoms with van der Waals surface area (Å²) in [6.07, 6.45) is 1.75. The lowest BCUT2D eigenvalue weighted by atomic mass is 9.99. The van der Waals surface area contributed by atoms with Crippen LogP contribution in [0.4, 0.5) is 0 Å². The van der Waals surface area contributed by atoms with E-state index in [1.165, 1.54) is 4.90 Å². The van der Waals surface area contributed by atoms with Crippen LogP contribution in [0.2, 0.25) is 0 Å². The molecule has 2 heterocycles. The van der Waals surface area contributed by atoms with E-state index < -0.39 is 12.0 Å². The Labute approximate surface area is 119 Å². The maximum atomic E-state index is 12.6. The van der Waals surface area contributed by atoms with Gasteiger partial charge in [0.05, 0.1) is 19.1 Å². The Morgan fingerprint density at radius 1 is 1.40 bits per heavy atom. The highest BCUT2D eigenvalue weighted by Gasteiger charge is 2.44. The lowest BCUT2D eigenvalue weighted by Gasteiger charge is -2.28. The van der Waals surface area contributed by atoms with Gasteiger partial charge in [-0.15, -0.1) is 0 Å². The summed E-state index contributed by atoms with van der Waals surface area (Å²) >= 11 is 0. The predicted octanol–water partition coefficient (Wildman–Crippen LogP) is 0.323. The molecule has 20 heavy (non-hydrogen) atoms. The van der Waals surface area contributed by atoms with Crippen LogP contribution >= 0.6 is 0 Å². The van der Waals surface area contributed by atoms with Gasteiger partial charge in [0.15, 0.2) is 0 Å². The molecule has 114 valence electrons. The van der Waals surface area contributed by atoms with E-state index in [1.54, 1.807) is 0 Å². The second kappa shape index (κ2) is 6.54. The van der Waals surface area contributed by atoms with Gasteiger partial charge in [-0.25, -0.2) is 4.79 Å². The Morgan fingerprint density at radius 3 is 2.80 bits per heavy atom. The number of nitrogens with zero attached hydrogens (tertiary/aromatic N) is 1. The van der Waals surface area contributed by atoms with Gasteiger partial charge in [0.25, 0.3) is 0 Å². The van der Waals surface area contributed by atoms with Gasteiger partial charge >= 0.3 is 5.97 Å². The Hall–Kier alpha value is -1.14. The Morgan fingerprint density at radius 2 is 2.15 bits per heavy atom. The summed E-state index contributed by atoms with van der Waals surface area (Å²) in [4.78, 5) is 25.5. The van der Waals surface area contributed by atoms with Crippen LogP contribution in [0.25, 0.3) is 0 Å². The van der Waals surface area contributed by atoms with Crippen LogP contribution in [-0.2, 0) is 14.3 Å². The number of carboxylic acid groups (broad SMARTS) is 1. The summed E-state index contributed by atoms with van der Waals surface area (Å²) in [6, 6.07) is -0.678. The second-order valence-electron chi connectivity index (χ2n) is 5.79. The van der Waals surface area contributed by atoms with E-state index in [1.807, 2.05) is 6.92 Å². The van der Waals surface area contributed by atoms with Crippen molar-refractivity contribution in [2.24, 2.45) is 11.8 Å². The number of rotatable bonds is 5. The van der Waals surface area contributed by atoms with E-state index in [-0.39, 0.29) is 23.8 Å². The fourth-order valence-corrected chi connectivity index (χ4v) is 3.11. The first-order valence-electron chi connectivity index (χ1n) is 7.40. The molecule has 0 radical (unpaired) electrons. The molecule has 0 spiro atoms. The third-order valence-electron chi connectivity index (χ3n) is 4.29. The Kier molecular flexibility index (Phi) is 4.99. The molecule has 0 bridgehead atoms. The number of hydrogen-bond acceptors (Lipinski definition) is 4. The van der Waals surface area contributed by atoms with Crippen LogP contribution in [-0.4, -0.2) is 60.3 Å². The van der Waals surface area contributed by atoms with E-state index in [0.717, 1.165) is 19.4 Å². The van der Waals surface area contributed by atoms with E-state index >= 15 is 0 Å². The Bertz CT molecular complexity index is 374. The summed E-state index contributed by atoms with van der Waals surface area (Å²) in [7, 11) is 0. The lowest BCUT2D eigenvalue weighted by molar-refractivity contribution is -0.151. The molecule has 0 aromatic heterocycles. The minimum absolute atomic E-state index is 0.00722. The largest absolute Gasteiger partial charge is 0.480 e. The highest BCUT2D eigenvalue weighted by molar-refractivity contribution is 5.86. The van der Waals surface area contributed by atoms with Crippen molar-refractivity contribution >= 4 is 11.9 Å². The topological polar surface area (TPSA) is 78.9 Å². The molecule has 0 aliphatic carbocycles. The van der Waals surface area contributed by atoms with Gasteiger partial charge in [0.2, 0.25) is 5.91 Å². The molecule has 0 saturated carbocycles. The van der Waals surface area contributed by atoms with Crippen LogP contribution in [0, 0.1) is 11.8 Å². The van der Waals surface area contributed by atoms with Crippen molar-refractivity contribution in [2.75, 3.05) is 26.3 Å². The second-order valence-corrected chi connectivity index (χ2v) is 5.79. The van der Waals surface area contributed by atoms with Crippen molar-refractivity contribution in [3.05, 3.63) is 0 Å². The molecule has 2 saturated heterocycles. The lowest BCUT2D eigenvalue weighted by Crippen LogP contribution is -2.50. The van der Waals surface area contributed by atoms with Crippen LogP contribution in [0.15, 0.2) is 0 Å². The number of carbonyl (C=O) groups excluding carboxylic acids is 1. The normalized spacial score (nSPS) is 33.6. The number of aliphatic carboxylic acids is 1. The van der Waals surface area contributed by atoms with Gasteiger partial charge in [-0.05, 0) is 25.3 Å². The predicted molar refractivity (Wildman–Crippen MR) is 73.3 cm³/mol. The van der Waals surface area contributed by atoms with Gasteiger partial charge in [-0.1, -0.05) is 13.8 Å². The number of carboxylic acids is 1. The maximum absolute atomic E-state index is 12.6. The van der Waals surface area contributed by atoms with Gasteiger partial charge in [0, 0.05) is 12.6 Å². The molecule has 6 nitrogen and oxygen atoms in total. The minimum atomic E-state index is -0.902. The Balaban J connectivity index is 2.04. The average Bonchev–Trinajstić information content (AvgIpc) is 3.01. The van der Waals surface area contributed by atoms with Crippen molar-refractivity contribution in [1.82, 2.24) is 10.2 Å². The summed E-state index contributed by atoms with van der Waals surface area (Å²) in [6.45, 7) is 6.26. The first kappa shape index (κ1) is 15.3. The van der Waals surface area contributed by atoms with Crippen molar-refractivity contribution in [1.29, 1.82) is 0 Å². The number of likely N-dealkylation sites (tertiary alicyclic amines) is 1. The number of ether oxygens (including phenoxy) is 1. The first-order chi connectivity index (χ1) is 9.56. The molecular formula is C14H24N2O4. The van der Waals surface area contributed by atoms with Crippen LogP contribution in [0.1, 0.15) is 26.7 Å². The zero-order chi connectivity index (χ0) is 14.7. The smallest absolute Gasteiger partial charge is 0.326 e. The molecule has 4 atom stereocenters. The quantitative estimate of drug-likeness (QED) is 0.760. The maximum Gasteiger partial charge on any atom is 0.326 e. The molecule has 2 rings (SSSR count). The van der Waals surface area contributed by atoms with Crippen molar-refractivity contribution < 1.29 is 19.4 Å². The summed E-state index contributed by atoms with van der Waals surface area (Å²) < 4.78 is 5.41. The van der Waals surface area contributed by atoms with Crippen molar-refractivity contribution in [3.63, 3.8) is 0 Å². The van der Waals surface area contributed by atoms with Gasteiger partial charge in [-0.3, -0.25) is 4.79 Å². The molecule has 0 aromatic carbocycles. The monoisotopic (exact) mass is 284 g/mol. The van der Waals surface area contributed by atoms with Crippen molar-refractivity contribution in [2.45, 2.75) is 38.8 Å². The third-order valence-corrected chi connectivity index (χ3v) is 4.29. The zero-order valence-electron chi connectivity index (χ0n) is 12.2. The standard InChI is InChI=1S/C14H24N2O4/c1-3-5-15-11-8-20-7-10(11)13(17)16-6-4-9(2)12(16)14(18)19/h9-12,15H,3-8H2,1-2H3,(H,18,19). The first-order valence-corrected chi connectivity index (χ1v) is 7.40. The number of nitrogens with one attached hydrogen (secondary N) is 1.